The zero-order valence-electron chi connectivity index (χ0n) is 11.1. The van der Waals surface area contributed by atoms with Crippen LogP contribution in [0.2, 0.25) is 0 Å². The summed E-state index contributed by atoms with van der Waals surface area (Å²) < 4.78 is 0. The summed E-state index contributed by atoms with van der Waals surface area (Å²) in [4.78, 5) is 6.42. The van der Waals surface area contributed by atoms with Crippen LogP contribution < -0.4 is 10.2 Å². The number of anilines is 1. The van der Waals surface area contributed by atoms with Crippen LogP contribution >= 0.6 is 0 Å². The summed E-state index contributed by atoms with van der Waals surface area (Å²) in [7, 11) is 2.01. The zero-order valence-corrected chi connectivity index (χ0v) is 11.1. The molecule has 0 radical (unpaired) electrons. The van der Waals surface area contributed by atoms with Crippen LogP contribution in [-0.4, -0.2) is 24.6 Å². The molecule has 1 rings (SSSR count). The van der Waals surface area contributed by atoms with Gasteiger partial charge in [-0.3, -0.25) is 4.98 Å². The maximum Gasteiger partial charge on any atom is 0.0788 e. The zero-order chi connectivity index (χ0) is 12.8. The fourth-order valence-electron chi connectivity index (χ4n) is 1.60. The first-order chi connectivity index (χ1) is 8.04. The normalized spacial score (nSPS) is 10.4. The monoisotopic (exact) mass is 231 g/mol. The third kappa shape index (κ3) is 4.08. The minimum absolute atomic E-state index is 0.460. The molecule has 0 aliphatic heterocycles. The van der Waals surface area contributed by atoms with E-state index in [1.54, 1.807) is 0 Å². The number of pyridine rings is 1. The minimum atomic E-state index is 0.460. The highest BCUT2D eigenvalue weighted by atomic mass is 15.1. The van der Waals surface area contributed by atoms with E-state index in [1.165, 1.54) is 5.56 Å². The summed E-state index contributed by atoms with van der Waals surface area (Å²) >= 11 is 0. The summed E-state index contributed by atoms with van der Waals surface area (Å²) in [6.07, 6.45) is 7.28. The van der Waals surface area contributed by atoms with E-state index in [9.17, 15) is 0 Å². The number of nitrogens with zero attached hydrogens (tertiary/aromatic N) is 2. The molecule has 92 valence electrons. The lowest BCUT2D eigenvalue weighted by atomic mass is 10.2. The molecule has 0 aliphatic rings. The predicted octanol–water partition coefficient (Wildman–Crippen LogP) is 1.96. The van der Waals surface area contributed by atoms with E-state index in [0.29, 0.717) is 12.6 Å². The highest BCUT2D eigenvalue weighted by Gasteiger charge is 2.08. The minimum Gasteiger partial charge on any atom is -0.363 e. The molecule has 0 amide bonds. The van der Waals surface area contributed by atoms with Gasteiger partial charge >= 0.3 is 0 Å². The highest BCUT2D eigenvalue weighted by Crippen LogP contribution is 2.19. The van der Waals surface area contributed by atoms with Gasteiger partial charge in [-0.1, -0.05) is 19.8 Å². The molecule has 0 aromatic carbocycles. The fourth-order valence-corrected chi connectivity index (χ4v) is 1.60. The molecule has 0 aliphatic carbocycles. The predicted molar refractivity (Wildman–Crippen MR) is 73.1 cm³/mol. The smallest absolute Gasteiger partial charge is 0.0788 e. The van der Waals surface area contributed by atoms with E-state index >= 15 is 0 Å². The molecule has 0 atom stereocenters. The second-order valence-corrected chi connectivity index (χ2v) is 4.55. The van der Waals surface area contributed by atoms with Crippen molar-refractivity contribution in [2.45, 2.75) is 33.4 Å². The van der Waals surface area contributed by atoms with Gasteiger partial charge in [0.2, 0.25) is 0 Å². The average molecular weight is 231 g/mol. The molecule has 0 unspecified atom stereocenters. The molecular weight excluding hydrogens is 210 g/mol. The van der Waals surface area contributed by atoms with E-state index in [2.05, 4.69) is 41.0 Å². The maximum atomic E-state index is 5.35. The lowest BCUT2D eigenvalue weighted by Crippen LogP contribution is -2.25. The summed E-state index contributed by atoms with van der Waals surface area (Å²) in [6, 6.07) is 2.54. The Morgan fingerprint density at radius 2 is 2.24 bits per heavy atom. The molecule has 0 saturated heterocycles. The van der Waals surface area contributed by atoms with Crippen LogP contribution in [0.1, 0.15) is 25.1 Å². The lowest BCUT2D eigenvalue weighted by Gasteiger charge is -2.21. The second-order valence-electron chi connectivity index (χ2n) is 4.55. The second kappa shape index (κ2) is 6.27. The van der Waals surface area contributed by atoms with Crippen molar-refractivity contribution in [2.75, 3.05) is 18.5 Å². The molecule has 1 N–H and O–H groups in total. The van der Waals surface area contributed by atoms with Gasteiger partial charge in [-0.2, -0.15) is 0 Å². The first kappa shape index (κ1) is 13.5. The van der Waals surface area contributed by atoms with Crippen LogP contribution in [-0.2, 0) is 6.54 Å². The molecule has 1 heterocycles. The number of rotatable bonds is 5. The Morgan fingerprint density at radius 1 is 1.53 bits per heavy atom. The molecule has 0 bridgehead atoms. The average Bonchev–Trinajstić information content (AvgIpc) is 2.27. The Balaban J connectivity index is 2.91. The number of aromatic nitrogens is 1. The van der Waals surface area contributed by atoms with E-state index in [1.807, 2.05) is 20.2 Å². The molecule has 0 fully saturated rings. The first-order valence-electron chi connectivity index (χ1n) is 5.88. The van der Waals surface area contributed by atoms with E-state index < -0.39 is 0 Å². The summed E-state index contributed by atoms with van der Waals surface area (Å²) in [5, 5.41) is 3.40. The summed E-state index contributed by atoms with van der Waals surface area (Å²) in [5.41, 5.74) is 3.35. The van der Waals surface area contributed by atoms with Gasteiger partial charge in [0.15, 0.2) is 0 Å². The van der Waals surface area contributed by atoms with E-state index in [0.717, 1.165) is 17.9 Å². The molecule has 1 aromatic heterocycles. The number of nitrogens with one attached hydrogen (secondary N) is 1. The van der Waals surface area contributed by atoms with Gasteiger partial charge in [-0.15, -0.1) is 6.42 Å². The van der Waals surface area contributed by atoms with Gasteiger partial charge in [0.1, 0.15) is 0 Å². The highest BCUT2D eigenvalue weighted by molar-refractivity contribution is 5.53. The standard InChI is InChI=1S/C14H21N3/c1-6-7-17(5)14-8-12(4)16-10-13(14)9-15-11(2)3/h1,8,10-11,15H,7,9H2,2-5H3. The van der Waals surface area contributed by atoms with Crippen LogP contribution in [0.4, 0.5) is 5.69 Å². The molecule has 0 spiro atoms. The van der Waals surface area contributed by atoms with Crippen molar-refractivity contribution in [2.24, 2.45) is 0 Å². The number of hydrogen-bond acceptors (Lipinski definition) is 3. The molecule has 1 aromatic rings. The van der Waals surface area contributed by atoms with Crippen LogP contribution in [0.5, 0.6) is 0 Å². The summed E-state index contributed by atoms with van der Waals surface area (Å²) in [6.45, 7) is 7.68. The fraction of sp³-hybridized carbons (Fsp3) is 0.500. The molecule has 3 heteroatoms. The van der Waals surface area contributed by atoms with Gasteiger partial charge < -0.3 is 10.2 Å². The van der Waals surface area contributed by atoms with Gasteiger partial charge in [0.25, 0.3) is 0 Å². The Morgan fingerprint density at radius 3 is 2.82 bits per heavy atom. The van der Waals surface area contributed by atoms with Crippen molar-refractivity contribution < 1.29 is 0 Å². The third-order valence-corrected chi connectivity index (χ3v) is 2.54. The van der Waals surface area contributed by atoms with Gasteiger partial charge in [-0.05, 0) is 13.0 Å². The quantitative estimate of drug-likeness (QED) is 0.785. The van der Waals surface area contributed by atoms with E-state index in [4.69, 9.17) is 6.42 Å². The van der Waals surface area contributed by atoms with Crippen molar-refractivity contribution in [1.82, 2.24) is 10.3 Å². The van der Waals surface area contributed by atoms with Gasteiger partial charge in [0.05, 0.1) is 6.54 Å². The lowest BCUT2D eigenvalue weighted by molar-refractivity contribution is 0.587. The Kier molecular flexibility index (Phi) is 4.99. The number of aryl methyl sites for hydroxylation is 1. The Labute approximate surface area is 104 Å². The molecular formula is C14H21N3. The van der Waals surface area contributed by atoms with Crippen molar-refractivity contribution >= 4 is 5.69 Å². The van der Waals surface area contributed by atoms with Crippen molar-refractivity contribution in [1.29, 1.82) is 0 Å². The van der Waals surface area contributed by atoms with Crippen molar-refractivity contribution in [3.8, 4) is 12.3 Å². The van der Waals surface area contributed by atoms with Crippen molar-refractivity contribution in [3.05, 3.63) is 23.5 Å². The SMILES string of the molecule is C#CCN(C)c1cc(C)ncc1CNC(C)C. The first-order valence-corrected chi connectivity index (χ1v) is 5.88. The summed E-state index contributed by atoms with van der Waals surface area (Å²) in [5.74, 6) is 2.66. The van der Waals surface area contributed by atoms with E-state index in [-0.39, 0.29) is 0 Å². The number of terminal acetylenes is 1. The topological polar surface area (TPSA) is 28.2 Å². The number of hydrogen-bond donors (Lipinski definition) is 1. The maximum absolute atomic E-state index is 5.35. The Hall–Kier alpha value is -1.53. The van der Waals surface area contributed by atoms with Crippen LogP contribution in [0.15, 0.2) is 12.3 Å². The Bertz CT molecular complexity index is 404. The largest absolute Gasteiger partial charge is 0.363 e. The molecule has 17 heavy (non-hydrogen) atoms. The van der Waals surface area contributed by atoms with Gasteiger partial charge in [-0.25, -0.2) is 0 Å². The van der Waals surface area contributed by atoms with Crippen molar-refractivity contribution in [3.63, 3.8) is 0 Å². The van der Waals surface area contributed by atoms with Crippen LogP contribution in [0.3, 0.4) is 0 Å². The van der Waals surface area contributed by atoms with Crippen LogP contribution in [0, 0.1) is 19.3 Å². The van der Waals surface area contributed by atoms with Crippen LogP contribution in [0.25, 0.3) is 0 Å². The van der Waals surface area contributed by atoms with Gasteiger partial charge in [0, 0.05) is 42.8 Å². The third-order valence-electron chi connectivity index (χ3n) is 2.54. The molecule has 0 saturated carbocycles. The molecule has 3 nitrogen and oxygen atoms in total.